The van der Waals surface area contributed by atoms with Gasteiger partial charge in [0.05, 0.1) is 0 Å². The van der Waals surface area contributed by atoms with Crippen LogP contribution < -0.4 is 15.6 Å². The second-order valence-electron chi connectivity index (χ2n) is 5.61. The number of rotatable bonds is 8. The van der Waals surface area contributed by atoms with Gasteiger partial charge in [-0.15, -0.1) is 0 Å². The van der Waals surface area contributed by atoms with Crippen molar-refractivity contribution in [3.63, 3.8) is 0 Å². The molecule has 0 fully saturated rings. The first kappa shape index (κ1) is 21.8. The Morgan fingerprint density at radius 3 is 2.17 bits per heavy atom. The molecule has 9 nitrogen and oxygen atoms in total. The molecular weight excluding hydrogens is 398 g/mol. The van der Waals surface area contributed by atoms with Gasteiger partial charge in [-0.2, -0.15) is 0 Å². The topological polar surface area (TPSA) is 131 Å². The molecule has 10 heteroatoms. The number of benzene rings is 2. The average Bonchev–Trinajstić information content (AvgIpc) is 2.74. The predicted octanol–water partition coefficient (Wildman–Crippen LogP) is 0.581. The van der Waals surface area contributed by atoms with Gasteiger partial charge in [0.2, 0.25) is 10.0 Å². The van der Waals surface area contributed by atoms with E-state index < -0.39 is 41.0 Å². The minimum absolute atomic E-state index is 0.336. The fourth-order valence-corrected chi connectivity index (χ4v) is 2.71. The van der Waals surface area contributed by atoms with E-state index >= 15 is 0 Å². The number of nitrogens with one attached hydrogen (secondary N) is 3. The molecule has 0 spiro atoms. The molecule has 0 heterocycles. The van der Waals surface area contributed by atoms with Crippen molar-refractivity contribution in [2.45, 2.75) is 0 Å². The molecule has 0 bridgehead atoms. The largest absolute Gasteiger partial charge is 0.455 e. The minimum Gasteiger partial charge on any atom is -0.455 e. The van der Waals surface area contributed by atoms with Crippen LogP contribution in [0.3, 0.4) is 0 Å². The Balaban J connectivity index is 1.69. The Morgan fingerprint density at radius 2 is 1.52 bits per heavy atom. The maximum atomic E-state index is 11.8. The first-order chi connectivity index (χ1) is 13.9. The van der Waals surface area contributed by atoms with E-state index in [0.717, 1.165) is 5.41 Å². The summed E-state index contributed by atoms with van der Waals surface area (Å²) in [6.45, 7) is -1.33. The second kappa shape index (κ2) is 10.7. The zero-order valence-electron chi connectivity index (χ0n) is 15.2. The maximum Gasteiger partial charge on any atom is 0.321 e. The van der Waals surface area contributed by atoms with E-state index in [-0.39, 0.29) is 0 Å². The van der Waals surface area contributed by atoms with Crippen LogP contribution in [0.25, 0.3) is 6.08 Å². The van der Waals surface area contributed by atoms with Crippen LogP contribution in [0.1, 0.15) is 15.9 Å². The molecule has 0 aromatic heterocycles. The summed E-state index contributed by atoms with van der Waals surface area (Å²) < 4.78 is 30.3. The van der Waals surface area contributed by atoms with Crippen LogP contribution >= 0.6 is 0 Å². The predicted molar refractivity (Wildman–Crippen MR) is 105 cm³/mol. The van der Waals surface area contributed by atoms with Crippen molar-refractivity contribution in [3.8, 4) is 0 Å². The number of carbonyl (C=O) groups is 3. The Bertz CT molecular complexity index is 976. The third-order valence-corrected chi connectivity index (χ3v) is 4.41. The molecule has 0 saturated heterocycles. The highest BCUT2D eigenvalue weighted by Gasteiger charge is 2.12. The van der Waals surface area contributed by atoms with Crippen LogP contribution in [0, 0.1) is 0 Å². The van der Waals surface area contributed by atoms with Crippen LogP contribution in [-0.4, -0.2) is 39.4 Å². The van der Waals surface area contributed by atoms with E-state index in [9.17, 15) is 22.8 Å². The zero-order valence-corrected chi connectivity index (χ0v) is 16.0. The first-order valence-electron chi connectivity index (χ1n) is 8.38. The van der Waals surface area contributed by atoms with Gasteiger partial charge in [0.25, 0.3) is 11.8 Å². The van der Waals surface area contributed by atoms with Gasteiger partial charge in [-0.3, -0.25) is 25.2 Å². The Hall–Kier alpha value is -3.50. The normalized spacial score (nSPS) is 11.0. The lowest BCUT2D eigenvalue weighted by Gasteiger charge is -2.08. The highest BCUT2D eigenvalue weighted by atomic mass is 32.2. The molecule has 0 aliphatic rings. The van der Waals surface area contributed by atoms with E-state index in [1.54, 1.807) is 60.7 Å². The Kier molecular flexibility index (Phi) is 8.07. The van der Waals surface area contributed by atoms with E-state index in [2.05, 4.69) is 15.6 Å². The molecule has 2 aromatic rings. The van der Waals surface area contributed by atoms with Gasteiger partial charge in [0, 0.05) is 11.0 Å². The molecule has 0 aliphatic carbocycles. The molecule has 29 heavy (non-hydrogen) atoms. The number of amides is 2. The van der Waals surface area contributed by atoms with Gasteiger partial charge in [0.15, 0.2) is 6.61 Å². The van der Waals surface area contributed by atoms with Gasteiger partial charge >= 0.3 is 5.97 Å². The van der Waals surface area contributed by atoms with E-state index in [0.29, 0.717) is 11.1 Å². The monoisotopic (exact) mass is 417 g/mol. The standard InChI is InChI=1S/C19H19N3O6S/c23-17(21-22-19(25)16-9-5-2-6-10-16)14-28-18(24)13-20-29(26,27)12-11-15-7-3-1-4-8-15/h1-12,20H,13-14H2,(H,21,23)(H,22,25). The van der Waals surface area contributed by atoms with Crippen molar-refractivity contribution in [2.75, 3.05) is 13.2 Å². The fourth-order valence-electron chi connectivity index (χ4n) is 1.96. The van der Waals surface area contributed by atoms with Crippen LogP contribution in [0.2, 0.25) is 0 Å². The molecule has 0 aliphatic heterocycles. The third-order valence-electron chi connectivity index (χ3n) is 3.37. The van der Waals surface area contributed by atoms with Crippen LogP contribution in [-0.2, 0) is 24.3 Å². The summed E-state index contributed by atoms with van der Waals surface area (Å²) in [6.07, 6.45) is 1.37. The van der Waals surface area contributed by atoms with Crippen molar-refractivity contribution in [1.82, 2.24) is 15.6 Å². The van der Waals surface area contributed by atoms with Crippen LogP contribution in [0.15, 0.2) is 66.1 Å². The summed E-state index contributed by atoms with van der Waals surface area (Å²) in [7, 11) is -3.85. The summed E-state index contributed by atoms with van der Waals surface area (Å²) >= 11 is 0. The van der Waals surface area contributed by atoms with Crippen molar-refractivity contribution in [3.05, 3.63) is 77.2 Å². The average molecular weight is 417 g/mol. The van der Waals surface area contributed by atoms with Gasteiger partial charge < -0.3 is 4.74 Å². The van der Waals surface area contributed by atoms with E-state index in [4.69, 9.17) is 0 Å². The summed E-state index contributed by atoms with van der Waals surface area (Å²) in [5.74, 6) is -2.27. The third kappa shape index (κ3) is 8.37. The summed E-state index contributed by atoms with van der Waals surface area (Å²) in [5.41, 5.74) is 5.25. The molecule has 0 saturated carbocycles. The first-order valence-corrected chi connectivity index (χ1v) is 9.93. The van der Waals surface area contributed by atoms with Crippen LogP contribution in [0.4, 0.5) is 0 Å². The number of hydrazine groups is 1. The molecule has 0 atom stereocenters. The van der Waals surface area contributed by atoms with Gasteiger partial charge in [-0.05, 0) is 23.8 Å². The number of carbonyl (C=O) groups excluding carboxylic acids is 3. The fraction of sp³-hybridized carbons (Fsp3) is 0.105. The SMILES string of the molecule is O=C(COC(=O)CNS(=O)(=O)C=Cc1ccccc1)NNC(=O)c1ccccc1. The molecule has 2 aromatic carbocycles. The number of ether oxygens (including phenoxy) is 1. The van der Waals surface area contributed by atoms with Crippen molar-refractivity contribution >= 4 is 33.9 Å². The second-order valence-corrected chi connectivity index (χ2v) is 7.26. The smallest absolute Gasteiger partial charge is 0.321 e. The lowest BCUT2D eigenvalue weighted by molar-refractivity contribution is -0.147. The zero-order chi connectivity index (χ0) is 21.1. The minimum atomic E-state index is -3.85. The summed E-state index contributed by atoms with van der Waals surface area (Å²) in [4.78, 5) is 34.9. The molecule has 0 radical (unpaired) electrons. The molecule has 152 valence electrons. The summed E-state index contributed by atoms with van der Waals surface area (Å²) in [6, 6.07) is 16.9. The molecule has 0 unspecified atom stereocenters. The Morgan fingerprint density at radius 1 is 0.897 bits per heavy atom. The van der Waals surface area contributed by atoms with E-state index in [1.807, 2.05) is 4.72 Å². The molecular formula is C19H19N3O6S. The highest BCUT2D eigenvalue weighted by Crippen LogP contribution is 2.02. The molecule has 2 rings (SSSR count). The lowest BCUT2D eigenvalue weighted by atomic mass is 10.2. The molecule has 2 amide bonds. The van der Waals surface area contributed by atoms with E-state index in [1.165, 1.54) is 6.08 Å². The molecule has 3 N–H and O–H groups in total. The number of sulfonamides is 1. The quantitative estimate of drug-likeness (QED) is 0.425. The van der Waals surface area contributed by atoms with Crippen molar-refractivity contribution in [2.24, 2.45) is 0 Å². The summed E-state index contributed by atoms with van der Waals surface area (Å²) in [5, 5.41) is 0.918. The number of hydrogen-bond donors (Lipinski definition) is 3. The van der Waals surface area contributed by atoms with Crippen molar-refractivity contribution in [1.29, 1.82) is 0 Å². The Labute approximate surface area is 167 Å². The lowest BCUT2D eigenvalue weighted by Crippen LogP contribution is -2.44. The van der Waals surface area contributed by atoms with Crippen molar-refractivity contribution < 1.29 is 27.5 Å². The van der Waals surface area contributed by atoms with Gasteiger partial charge in [-0.1, -0.05) is 48.5 Å². The van der Waals surface area contributed by atoms with Gasteiger partial charge in [0.1, 0.15) is 6.54 Å². The van der Waals surface area contributed by atoms with Crippen LogP contribution in [0.5, 0.6) is 0 Å². The maximum absolute atomic E-state index is 11.8. The number of hydrogen-bond acceptors (Lipinski definition) is 6. The van der Waals surface area contributed by atoms with Gasteiger partial charge in [-0.25, -0.2) is 13.1 Å². The highest BCUT2D eigenvalue weighted by molar-refractivity contribution is 7.92. The number of esters is 1.